The molecule has 2 atom stereocenters. The van der Waals surface area contributed by atoms with Crippen LogP contribution in [0.3, 0.4) is 0 Å². The highest BCUT2D eigenvalue weighted by atomic mass is 32.2. The molecule has 0 amide bonds. The van der Waals surface area contributed by atoms with Crippen LogP contribution in [0.4, 0.5) is 0 Å². The second kappa shape index (κ2) is 6.14. The lowest BCUT2D eigenvalue weighted by atomic mass is 10.1. The number of sulfonamides is 1. The van der Waals surface area contributed by atoms with E-state index in [-0.39, 0.29) is 17.8 Å². The molecule has 2 unspecified atom stereocenters. The highest BCUT2D eigenvalue weighted by molar-refractivity contribution is 7.89. The number of hydrogen-bond acceptors (Lipinski definition) is 4. The van der Waals surface area contributed by atoms with Crippen molar-refractivity contribution in [2.45, 2.75) is 38.3 Å². The van der Waals surface area contributed by atoms with Crippen molar-refractivity contribution < 1.29 is 8.42 Å². The zero-order chi connectivity index (χ0) is 13.0. The normalized spacial score (nSPS) is 22.8. The molecule has 1 aliphatic rings. The Labute approximate surface area is 113 Å². The standard InChI is InChI=1S/C12H20N2O2S2/c1-10(12-6-4-8-17-12)14-18(15,16)9-11-5-2-3-7-13-11/h4,6,8,10-11,13-14H,2-3,5,7,9H2,1H3. The van der Waals surface area contributed by atoms with E-state index >= 15 is 0 Å². The molecule has 4 nitrogen and oxygen atoms in total. The second-order valence-corrected chi connectivity index (χ2v) is 7.56. The summed E-state index contributed by atoms with van der Waals surface area (Å²) >= 11 is 1.58. The van der Waals surface area contributed by atoms with Crippen LogP contribution in [0.1, 0.15) is 37.1 Å². The molecule has 0 bridgehead atoms. The summed E-state index contributed by atoms with van der Waals surface area (Å²) in [4.78, 5) is 1.05. The highest BCUT2D eigenvalue weighted by Gasteiger charge is 2.22. The zero-order valence-corrected chi connectivity index (χ0v) is 12.2. The largest absolute Gasteiger partial charge is 0.313 e. The van der Waals surface area contributed by atoms with Gasteiger partial charge in [-0.3, -0.25) is 0 Å². The SMILES string of the molecule is CC(NS(=O)(=O)CC1CCCCN1)c1cccs1. The Bertz CT molecular complexity index is 450. The second-order valence-electron chi connectivity index (χ2n) is 4.78. The quantitative estimate of drug-likeness (QED) is 0.869. The van der Waals surface area contributed by atoms with Crippen LogP contribution in [0.15, 0.2) is 17.5 Å². The molecule has 1 fully saturated rings. The number of rotatable bonds is 5. The van der Waals surface area contributed by atoms with Crippen molar-refractivity contribution >= 4 is 21.4 Å². The van der Waals surface area contributed by atoms with Gasteiger partial charge in [-0.05, 0) is 37.8 Å². The Morgan fingerprint density at radius 2 is 2.39 bits per heavy atom. The monoisotopic (exact) mass is 288 g/mol. The first-order valence-corrected chi connectivity index (χ1v) is 8.87. The van der Waals surface area contributed by atoms with Crippen molar-refractivity contribution in [3.8, 4) is 0 Å². The predicted molar refractivity (Wildman–Crippen MR) is 75.3 cm³/mol. The molecule has 6 heteroatoms. The van der Waals surface area contributed by atoms with Gasteiger partial charge >= 0.3 is 0 Å². The van der Waals surface area contributed by atoms with Gasteiger partial charge in [-0.15, -0.1) is 11.3 Å². The number of piperidine rings is 1. The van der Waals surface area contributed by atoms with E-state index in [4.69, 9.17) is 0 Å². The van der Waals surface area contributed by atoms with Crippen LogP contribution in [0.2, 0.25) is 0 Å². The molecule has 1 aromatic heterocycles. The van der Waals surface area contributed by atoms with Gasteiger partial charge in [0.05, 0.1) is 11.8 Å². The van der Waals surface area contributed by atoms with Gasteiger partial charge in [0.25, 0.3) is 0 Å². The molecule has 102 valence electrons. The molecule has 0 aromatic carbocycles. The molecule has 0 aliphatic carbocycles. The minimum Gasteiger partial charge on any atom is -0.313 e. The lowest BCUT2D eigenvalue weighted by Gasteiger charge is -2.24. The van der Waals surface area contributed by atoms with Crippen molar-refractivity contribution in [2.24, 2.45) is 0 Å². The van der Waals surface area contributed by atoms with E-state index in [2.05, 4.69) is 10.0 Å². The average molecular weight is 288 g/mol. The Hall–Kier alpha value is -0.430. The van der Waals surface area contributed by atoms with Crippen molar-refractivity contribution in [2.75, 3.05) is 12.3 Å². The molecule has 0 spiro atoms. The van der Waals surface area contributed by atoms with Gasteiger partial charge in [0, 0.05) is 10.9 Å². The lowest BCUT2D eigenvalue weighted by Crippen LogP contribution is -2.43. The molecule has 2 heterocycles. The molecule has 1 aromatic rings. The van der Waals surface area contributed by atoms with Crippen molar-refractivity contribution in [1.82, 2.24) is 10.0 Å². The molecule has 18 heavy (non-hydrogen) atoms. The summed E-state index contributed by atoms with van der Waals surface area (Å²) in [5.74, 6) is 0.183. The van der Waals surface area contributed by atoms with E-state index in [1.165, 1.54) is 0 Å². The summed E-state index contributed by atoms with van der Waals surface area (Å²) < 4.78 is 26.9. The first-order valence-electron chi connectivity index (χ1n) is 6.33. The minimum atomic E-state index is -3.21. The number of hydrogen-bond donors (Lipinski definition) is 2. The summed E-state index contributed by atoms with van der Waals surface area (Å²) in [6.45, 7) is 2.82. The Morgan fingerprint density at radius 1 is 1.56 bits per heavy atom. The van der Waals surface area contributed by atoms with E-state index in [0.717, 1.165) is 30.7 Å². The third-order valence-electron chi connectivity index (χ3n) is 3.16. The topological polar surface area (TPSA) is 58.2 Å². The summed E-state index contributed by atoms with van der Waals surface area (Å²) in [6, 6.07) is 3.86. The average Bonchev–Trinajstić information content (AvgIpc) is 2.82. The molecule has 0 saturated carbocycles. The van der Waals surface area contributed by atoms with E-state index in [9.17, 15) is 8.42 Å². The van der Waals surface area contributed by atoms with Crippen LogP contribution in [0.5, 0.6) is 0 Å². The Kier molecular flexibility index (Phi) is 4.77. The first kappa shape index (κ1) is 14.0. The van der Waals surface area contributed by atoms with Crippen LogP contribution in [0, 0.1) is 0 Å². The molecule has 1 saturated heterocycles. The maximum Gasteiger partial charge on any atom is 0.213 e. The zero-order valence-electron chi connectivity index (χ0n) is 10.6. The first-order chi connectivity index (χ1) is 8.57. The molecule has 1 aliphatic heterocycles. The molecular formula is C12H20N2O2S2. The van der Waals surface area contributed by atoms with Crippen LogP contribution in [0.25, 0.3) is 0 Å². The minimum absolute atomic E-state index is 0.104. The van der Waals surface area contributed by atoms with Gasteiger partial charge in [-0.1, -0.05) is 12.5 Å². The van der Waals surface area contributed by atoms with Crippen LogP contribution in [-0.4, -0.2) is 26.8 Å². The summed E-state index contributed by atoms with van der Waals surface area (Å²) in [6.07, 6.45) is 3.22. The summed E-state index contributed by atoms with van der Waals surface area (Å²) in [5, 5.41) is 5.23. The van der Waals surface area contributed by atoms with Gasteiger partial charge < -0.3 is 5.32 Å². The number of nitrogens with one attached hydrogen (secondary N) is 2. The van der Waals surface area contributed by atoms with Crippen molar-refractivity contribution in [3.63, 3.8) is 0 Å². The van der Waals surface area contributed by atoms with Gasteiger partial charge in [-0.25, -0.2) is 13.1 Å². The van der Waals surface area contributed by atoms with Gasteiger partial charge in [-0.2, -0.15) is 0 Å². The van der Waals surface area contributed by atoms with Crippen LogP contribution >= 0.6 is 11.3 Å². The molecule has 2 rings (SSSR count). The number of thiophene rings is 1. The third-order valence-corrected chi connectivity index (χ3v) is 5.77. The fourth-order valence-electron chi connectivity index (χ4n) is 2.24. The van der Waals surface area contributed by atoms with E-state index in [1.54, 1.807) is 11.3 Å². The summed E-state index contributed by atoms with van der Waals surface area (Å²) in [5.41, 5.74) is 0. The van der Waals surface area contributed by atoms with Gasteiger partial charge in [0.2, 0.25) is 10.0 Å². The van der Waals surface area contributed by atoms with E-state index < -0.39 is 10.0 Å². The Morgan fingerprint density at radius 3 is 3.00 bits per heavy atom. The fourth-order valence-corrected chi connectivity index (χ4v) is 4.63. The van der Waals surface area contributed by atoms with Crippen LogP contribution < -0.4 is 10.0 Å². The fraction of sp³-hybridized carbons (Fsp3) is 0.667. The van der Waals surface area contributed by atoms with Gasteiger partial charge in [0.1, 0.15) is 0 Å². The lowest BCUT2D eigenvalue weighted by molar-refractivity contribution is 0.421. The van der Waals surface area contributed by atoms with E-state index in [0.29, 0.717) is 0 Å². The van der Waals surface area contributed by atoms with E-state index in [1.807, 2.05) is 24.4 Å². The maximum atomic E-state index is 12.1. The maximum absolute atomic E-state index is 12.1. The molecular weight excluding hydrogens is 268 g/mol. The predicted octanol–water partition coefficient (Wildman–Crippen LogP) is 1.87. The van der Waals surface area contributed by atoms with Gasteiger partial charge in [0.15, 0.2) is 0 Å². The Balaban J connectivity index is 1.90. The molecule has 2 N–H and O–H groups in total. The van der Waals surface area contributed by atoms with Crippen molar-refractivity contribution in [1.29, 1.82) is 0 Å². The highest BCUT2D eigenvalue weighted by Crippen LogP contribution is 2.19. The van der Waals surface area contributed by atoms with Crippen molar-refractivity contribution in [3.05, 3.63) is 22.4 Å². The molecule has 0 radical (unpaired) electrons. The third kappa shape index (κ3) is 4.05. The smallest absolute Gasteiger partial charge is 0.213 e. The van der Waals surface area contributed by atoms with Crippen LogP contribution in [-0.2, 0) is 10.0 Å². The summed E-state index contributed by atoms with van der Waals surface area (Å²) in [7, 11) is -3.21.